The number of benzene rings is 1. The molecule has 1 aromatic carbocycles. The van der Waals surface area contributed by atoms with Crippen molar-refractivity contribution in [2.45, 2.75) is 19.8 Å². The van der Waals surface area contributed by atoms with Crippen molar-refractivity contribution in [1.82, 2.24) is 0 Å². The van der Waals surface area contributed by atoms with Crippen LogP contribution >= 0.6 is 0 Å². The van der Waals surface area contributed by atoms with E-state index in [1.54, 1.807) is 25.3 Å². The summed E-state index contributed by atoms with van der Waals surface area (Å²) in [4.78, 5) is 11.4. The first-order valence-corrected chi connectivity index (χ1v) is 4.37. The van der Waals surface area contributed by atoms with Gasteiger partial charge in [-0.05, 0) is 18.6 Å². The zero-order valence-electron chi connectivity index (χ0n) is 7.96. The Balaban J connectivity index is 2.82. The van der Waals surface area contributed by atoms with Crippen LogP contribution < -0.4 is 4.74 Å². The van der Waals surface area contributed by atoms with Crippen LogP contribution in [-0.2, 0) is 0 Å². The number of hydrogen-bond acceptors (Lipinski definition) is 2. The Labute approximate surface area is 78.5 Å². The normalized spacial score (nSPS) is 9.69. The second-order valence-electron chi connectivity index (χ2n) is 2.82. The second kappa shape index (κ2) is 4.65. The maximum atomic E-state index is 11.4. The molecule has 1 aromatic rings. The molecule has 0 aliphatic carbocycles. The first-order valence-electron chi connectivity index (χ1n) is 4.37. The van der Waals surface area contributed by atoms with Crippen LogP contribution in [0.15, 0.2) is 18.2 Å². The van der Waals surface area contributed by atoms with Crippen molar-refractivity contribution < 1.29 is 9.53 Å². The highest BCUT2D eigenvalue weighted by molar-refractivity contribution is 5.96. The molecular formula is C11H13O2. The summed E-state index contributed by atoms with van der Waals surface area (Å²) in [6.45, 7) is 1.99. The lowest BCUT2D eigenvalue weighted by Gasteiger charge is -2.01. The molecule has 0 fully saturated rings. The maximum Gasteiger partial charge on any atom is 0.162 e. The Kier molecular flexibility index (Phi) is 3.50. The lowest BCUT2D eigenvalue weighted by atomic mass is 10.1. The van der Waals surface area contributed by atoms with Crippen molar-refractivity contribution >= 4 is 5.78 Å². The Morgan fingerprint density at radius 2 is 2.38 bits per heavy atom. The summed E-state index contributed by atoms with van der Waals surface area (Å²) in [5.74, 6) is 0.775. The maximum absolute atomic E-state index is 11.4. The molecular weight excluding hydrogens is 164 g/mol. The number of hydrogen-bond donors (Lipinski definition) is 0. The van der Waals surface area contributed by atoms with E-state index in [-0.39, 0.29) is 5.78 Å². The fourth-order valence-corrected chi connectivity index (χ4v) is 1.11. The fourth-order valence-electron chi connectivity index (χ4n) is 1.11. The molecule has 0 heterocycles. The summed E-state index contributed by atoms with van der Waals surface area (Å²) in [6.07, 6.45) is 1.47. The summed E-state index contributed by atoms with van der Waals surface area (Å²) in [5, 5.41) is 0. The molecule has 0 spiro atoms. The van der Waals surface area contributed by atoms with Crippen molar-refractivity contribution in [3.8, 4) is 5.75 Å². The summed E-state index contributed by atoms with van der Waals surface area (Å²) < 4.78 is 4.98. The Morgan fingerprint density at radius 3 is 3.00 bits per heavy atom. The van der Waals surface area contributed by atoms with Crippen molar-refractivity contribution in [2.24, 2.45) is 0 Å². The van der Waals surface area contributed by atoms with Crippen molar-refractivity contribution in [2.75, 3.05) is 7.11 Å². The van der Waals surface area contributed by atoms with Gasteiger partial charge in [0.1, 0.15) is 5.75 Å². The lowest BCUT2D eigenvalue weighted by Crippen LogP contribution is -1.98. The number of ketones is 1. The predicted molar refractivity (Wildman–Crippen MR) is 51.1 cm³/mol. The number of methoxy groups -OCH3 is 1. The van der Waals surface area contributed by atoms with E-state index >= 15 is 0 Å². The molecule has 2 nitrogen and oxygen atoms in total. The van der Waals surface area contributed by atoms with Crippen LogP contribution in [0.1, 0.15) is 30.1 Å². The first kappa shape index (κ1) is 9.78. The van der Waals surface area contributed by atoms with Gasteiger partial charge in [-0.25, -0.2) is 0 Å². The minimum atomic E-state index is 0.162. The minimum Gasteiger partial charge on any atom is -0.496 e. The summed E-state index contributed by atoms with van der Waals surface area (Å²) in [5.41, 5.74) is 0.706. The quantitative estimate of drug-likeness (QED) is 0.660. The van der Waals surface area contributed by atoms with Gasteiger partial charge in [0.05, 0.1) is 7.11 Å². The predicted octanol–water partition coefficient (Wildman–Crippen LogP) is 2.48. The average Bonchev–Trinajstić information content (AvgIpc) is 2.18. The van der Waals surface area contributed by atoms with Crippen molar-refractivity contribution in [3.63, 3.8) is 0 Å². The SMILES string of the molecule is CCCC(=O)c1cc[c]c(OC)c1. The van der Waals surface area contributed by atoms with Gasteiger partial charge in [0.15, 0.2) is 5.78 Å². The average molecular weight is 177 g/mol. The van der Waals surface area contributed by atoms with Gasteiger partial charge in [-0.2, -0.15) is 0 Å². The molecule has 1 rings (SSSR count). The van der Waals surface area contributed by atoms with Gasteiger partial charge in [0.25, 0.3) is 0 Å². The zero-order chi connectivity index (χ0) is 9.68. The Hall–Kier alpha value is -1.31. The molecule has 13 heavy (non-hydrogen) atoms. The molecule has 0 unspecified atom stereocenters. The van der Waals surface area contributed by atoms with Crippen LogP contribution in [0.25, 0.3) is 0 Å². The van der Waals surface area contributed by atoms with Gasteiger partial charge in [-0.3, -0.25) is 4.79 Å². The van der Waals surface area contributed by atoms with Gasteiger partial charge in [0, 0.05) is 18.1 Å². The Morgan fingerprint density at radius 1 is 1.62 bits per heavy atom. The highest BCUT2D eigenvalue weighted by Crippen LogP contribution is 2.13. The van der Waals surface area contributed by atoms with E-state index in [2.05, 4.69) is 6.07 Å². The molecule has 0 atom stereocenters. The van der Waals surface area contributed by atoms with Gasteiger partial charge in [-0.15, -0.1) is 0 Å². The number of carbonyl (C=O) groups excluding carboxylic acids is 1. The molecule has 0 N–H and O–H groups in total. The number of ether oxygens (including phenoxy) is 1. The molecule has 2 heteroatoms. The van der Waals surface area contributed by atoms with Crippen LogP contribution in [0.4, 0.5) is 0 Å². The van der Waals surface area contributed by atoms with Crippen LogP contribution in [0, 0.1) is 6.07 Å². The van der Waals surface area contributed by atoms with Crippen LogP contribution in [0.5, 0.6) is 5.75 Å². The van der Waals surface area contributed by atoms with E-state index in [4.69, 9.17) is 4.74 Å². The minimum absolute atomic E-state index is 0.162. The third-order valence-electron chi connectivity index (χ3n) is 1.79. The third kappa shape index (κ3) is 2.58. The van der Waals surface area contributed by atoms with Gasteiger partial charge in [-0.1, -0.05) is 13.0 Å². The number of rotatable bonds is 4. The van der Waals surface area contributed by atoms with Crippen LogP contribution in [0.3, 0.4) is 0 Å². The molecule has 0 aliphatic heterocycles. The topological polar surface area (TPSA) is 26.3 Å². The molecule has 1 radical (unpaired) electrons. The van der Waals surface area contributed by atoms with E-state index in [1.807, 2.05) is 6.92 Å². The molecule has 69 valence electrons. The molecule has 0 aromatic heterocycles. The standard InChI is InChI=1S/C11H13O2/c1-3-5-11(12)9-6-4-7-10(8-9)13-2/h4,6,8H,3,5H2,1-2H3. The van der Waals surface area contributed by atoms with E-state index in [9.17, 15) is 4.79 Å². The molecule has 0 aliphatic rings. The van der Waals surface area contributed by atoms with Crippen molar-refractivity contribution in [1.29, 1.82) is 0 Å². The fraction of sp³-hybridized carbons (Fsp3) is 0.364. The first-order chi connectivity index (χ1) is 6.27. The smallest absolute Gasteiger partial charge is 0.162 e. The summed E-state index contributed by atoms with van der Waals surface area (Å²) in [7, 11) is 1.57. The summed E-state index contributed by atoms with van der Waals surface area (Å²) >= 11 is 0. The third-order valence-corrected chi connectivity index (χ3v) is 1.79. The van der Waals surface area contributed by atoms with Crippen LogP contribution in [-0.4, -0.2) is 12.9 Å². The zero-order valence-corrected chi connectivity index (χ0v) is 7.96. The Bertz CT molecular complexity index is 292. The molecule has 0 saturated carbocycles. The van der Waals surface area contributed by atoms with E-state index < -0.39 is 0 Å². The second-order valence-corrected chi connectivity index (χ2v) is 2.82. The molecule has 0 saturated heterocycles. The molecule has 0 bridgehead atoms. The van der Waals surface area contributed by atoms with Gasteiger partial charge in [0.2, 0.25) is 0 Å². The lowest BCUT2D eigenvalue weighted by molar-refractivity contribution is 0.0981. The monoisotopic (exact) mass is 177 g/mol. The van der Waals surface area contributed by atoms with E-state index in [1.165, 1.54) is 0 Å². The van der Waals surface area contributed by atoms with E-state index in [0.717, 1.165) is 6.42 Å². The van der Waals surface area contributed by atoms with Crippen LogP contribution in [0.2, 0.25) is 0 Å². The molecule has 0 amide bonds. The summed E-state index contributed by atoms with van der Waals surface area (Å²) in [6, 6.07) is 8.08. The highest BCUT2D eigenvalue weighted by Gasteiger charge is 2.04. The highest BCUT2D eigenvalue weighted by atomic mass is 16.5. The van der Waals surface area contributed by atoms with Gasteiger partial charge >= 0.3 is 0 Å². The van der Waals surface area contributed by atoms with E-state index in [0.29, 0.717) is 17.7 Å². The van der Waals surface area contributed by atoms with Crippen molar-refractivity contribution in [3.05, 3.63) is 29.8 Å². The number of Topliss-reactive ketones (excluding diaryl/α,β-unsaturated/α-hetero) is 1. The largest absolute Gasteiger partial charge is 0.496 e. The van der Waals surface area contributed by atoms with Gasteiger partial charge < -0.3 is 4.74 Å². The number of carbonyl (C=O) groups is 1.